The topological polar surface area (TPSA) is 35.6 Å². The summed E-state index contributed by atoms with van der Waals surface area (Å²) in [4.78, 5) is 11.0. The summed E-state index contributed by atoms with van der Waals surface area (Å²) in [5.74, 6) is 1.70. The summed E-state index contributed by atoms with van der Waals surface area (Å²) in [6.07, 6.45) is 0. The van der Waals surface area contributed by atoms with E-state index in [0.29, 0.717) is 0 Å². The molecule has 70 heavy (non-hydrogen) atoms. The SMILES string of the molecule is c1ccc(B(c2ccccc2)c2ccc3c(c2)c2ccc4c5cc(B(c6ccccc6)c6ccccc6)ccc5n(-c5cccc(-c6ccccc6)n5)c4c2n3-c2cccc(-c3ccccc3)n2)cc1. The quantitative estimate of drug-likeness (QED) is 0.128. The Bertz CT molecular complexity index is 3650. The van der Waals surface area contributed by atoms with Crippen molar-refractivity contribution in [3.8, 4) is 34.2 Å². The van der Waals surface area contributed by atoms with E-state index >= 15 is 0 Å². The highest BCUT2D eigenvalue weighted by atomic mass is 15.1. The molecule has 6 heteroatoms. The van der Waals surface area contributed by atoms with E-state index in [1.807, 2.05) is 0 Å². The number of hydrogen-bond donors (Lipinski definition) is 0. The normalized spacial score (nSPS) is 11.4. The van der Waals surface area contributed by atoms with Crippen molar-refractivity contribution in [2.24, 2.45) is 0 Å². The van der Waals surface area contributed by atoms with E-state index in [1.165, 1.54) is 32.8 Å². The fourth-order valence-corrected chi connectivity index (χ4v) is 10.8. The molecule has 0 amide bonds. The summed E-state index contributed by atoms with van der Waals surface area (Å²) in [6.45, 7) is 0.0656. The molecule has 0 aliphatic heterocycles. The average Bonchev–Trinajstić information content (AvgIpc) is 3.95. The first-order valence-corrected chi connectivity index (χ1v) is 24.1. The van der Waals surface area contributed by atoms with Crippen molar-refractivity contribution < 1.29 is 0 Å². The van der Waals surface area contributed by atoms with Crippen LogP contribution in [0, 0.1) is 0 Å². The maximum absolute atomic E-state index is 5.50. The summed E-state index contributed by atoms with van der Waals surface area (Å²) in [5.41, 5.74) is 15.8. The molecule has 0 aliphatic carbocycles. The van der Waals surface area contributed by atoms with Gasteiger partial charge in [-0.3, -0.25) is 9.13 Å². The molecular formula is C64H44B2N4. The van der Waals surface area contributed by atoms with Crippen LogP contribution in [0.1, 0.15) is 0 Å². The molecule has 0 atom stereocenters. The summed E-state index contributed by atoms with van der Waals surface area (Å²) in [6, 6.07) is 96.1. The van der Waals surface area contributed by atoms with Gasteiger partial charge in [0.1, 0.15) is 11.6 Å². The van der Waals surface area contributed by atoms with E-state index in [9.17, 15) is 0 Å². The van der Waals surface area contributed by atoms with Crippen LogP contribution in [0.4, 0.5) is 0 Å². The third-order valence-electron chi connectivity index (χ3n) is 14.0. The molecule has 326 valence electrons. The lowest BCUT2D eigenvalue weighted by Gasteiger charge is -2.16. The minimum absolute atomic E-state index is 0.0328. The summed E-state index contributed by atoms with van der Waals surface area (Å²) < 4.78 is 4.80. The van der Waals surface area contributed by atoms with Gasteiger partial charge in [0, 0.05) is 32.7 Å². The molecule has 4 nitrogen and oxygen atoms in total. The molecule has 0 radical (unpaired) electrons. The largest absolute Gasteiger partial charge is 0.292 e. The lowest BCUT2D eigenvalue weighted by Crippen LogP contribution is -2.51. The van der Waals surface area contributed by atoms with Gasteiger partial charge in [-0.25, -0.2) is 9.97 Å². The van der Waals surface area contributed by atoms with E-state index in [0.717, 1.165) is 77.8 Å². The van der Waals surface area contributed by atoms with Crippen molar-refractivity contribution in [2.75, 3.05) is 0 Å². The molecule has 4 aromatic heterocycles. The van der Waals surface area contributed by atoms with Gasteiger partial charge < -0.3 is 0 Å². The van der Waals surface area contributed by atoms with Gasteiger partial charge in [-0.05, 0) is 36.4 Å². The van der Waals surface area contributed by atoms with Crippen LogP contribution in [-0.2, 0) is 0 Å². The number of rotatable bonds is 10. The van der Waals surface area contributed by atoms with Gasteiger partial charge in [0.25, 0.3) is 0 Å². The number of aromatic nitrogens is 4. The zero-order chi connectivity index (χ0) is 46.4. The second-order valence-electron chi connectivity index (χ2n) is 18.1. The fraction of sp³-hybridized carbons (Fsp3) is 0. The average molecular weight is 891 g/mol. The van der Waals surface area contributed by atoms with Gasteiger partial charge in [0.2, 0.25) is 13.4 Å². The highest BCUT2D eigenvalue weighted by Gasteiger charge is 2.28. The van der Waals surface area contributed by atoms with Crippen LogP contribution in [-0.4, -0.2) is 32.5 Å². The third kappa shape index (κ3) is 7.21. The first-order valence-electron chi connectivity index (χ1n) is 24.1. The zero-order valence-electron chi connectivity index (χ0n) is 38.3. The number of nitrogens with zero attached hydrogens (tertiary/aromatic N) is 4. The Balaban J connectivity index is 1.15. The molecule has 0 saturated carbocycles. The van der Waals surface area contributed by atoms with Gasteiger partial charge >= 0.3 is 0 Å². The molecule has 4 heterocycles. The summed E-state index contributed by atoms with van der Waals surface area (Å²) in [7, 11) is 0. The Labute approximate surface area is 408 Å². The number of hydrogen-bond acceptors (Lipinski definition) is 2. The van der Waals surface area contributed by atoms with Gasteiger partial charge in [-0.2, -0.15) is 0 Å². The summed E-state index contributed by atoms with van der Waals surface area (Å²) >= 11 is 0. The Morgan fingerprint density at radius 3 is 0.929 bits per heavy atom. The predicted molar refractivity (Wildman–Crippen MR) is 297 cm³/mol. The van der Waals surface area contributed by atoms with Gasteiger partial charge in [0.05, 0.1) is 33.5 Å². The minimum atomic E-state index is 0.0328. The molecule has 13 rings (SSSR count). The molecule has 13 aromatic rings. The van der Waals surface area contributed by atoms with Crippen LogP contribution in [0.3, 0.4) is 0 Å². The zero-order valence-corrected chi connectivity index (χ0v) is 38.3. The summed E-state index contributed by atoms with van der Waals surface area (Å²) in [5, 5.41) is 4.61. The number of benzene rings is 9. The Morgan fingerprint density at radius 2 is 0.586 bits per heavy atom. The molecular weight excluding hydrogens is 846 g/mol. The predicted octanol–water partition coefficient (Wildman–Crippen LogP) is 11.0. The molecule has 0 N–H and O–H groups in total. The smallest absolute Gasteiger partial charge is 0.241 e. The van der Waals surface area contributed by atoms with Gasteiger partial charge in [-0.15, -0.1) is 0 Å². The van der Waals surface area contributed by atoms with Crippen LogP contribution in [0.15, 0.2) is 267 Å². The molecule has 0 aliphatic rings. The molecule has 0 spiro atoms. The van der Waals surface area contributed by atoms with Crippen molar-refractivity contribution in [2.45, 2.75) is 0 Å². The first-order chi connectivity index (χ1) is 34.7. The maximum Gasteiger partial charge on any atom is 0.241 e. The molecule has 0 bridgehead atoms. The van der Waals surface area contributed by atoms with Crippen LogP contribution in [0.2, 0.25) is 0 Å². The lowest BCUT2D eigenvalue weighted by atomic mass is 9.37. The van der Waals surface area contributed by atoms with E-state index in [1.54, 1.807) is 0 Å². The highest BCUT2D eigenvalue weighted by Crippen LogP contribution is 2.41. The Hall–Kier alpha value is -8.99. The first kappa shape index (κ1) is 41.2. The molecule has 9 aromatic carbocycles. The maximum atomic E-state index is 5.50. The molecule has 0 saturated heterocycles. The van der Waals surface area contributed by atoms with E-state index in [4.69, 9.17) is 9.97 Å². The third-order valence-corrected chi connectivity index (χ3v) is 14.0. The van der Waals surface area contributed by atoms with E-state index in [-0.39, 0.29) is 13.4 Å². The van der Waals surface area contributed by atoms with Crippen LogP contribution in [0.25, 0.3) is 77.8 Å². The van der Waals surface area contributed by atoms with Crippen LogP contribution < -0.4 is 32.8 Å². The van der Waals surface area contributed by atoms with Crippen LogP contribution >= 0.6 is 0 Å². The second kappa shape index (κ2) is 17.6. The lowest BCUT2D eigenvalue weighted by molar-refractivity contribution is 1.06. The van der Waals surface area contributed by atoms with Crippen molar-refractivity contribution >= 4 is 89.8 Å². The van der Waals surface area contributed by atoms with E-state index < -0.39 is 0 Å². The monoisotopic (exact) mass is 890 g/mol. The van der Waals surface area contributed by atoms with E-state index in [2.05, 4.69) is 276 Å². The van der Waals surface area contributed by atoms with Crippen molar-refractivity contribution in [1.82, 2.24) is 19.1 Å². The standard InChI is InChI=1S/C64H44B2N4/c1-7-21-45(22-8-1)57-33-19-35-61(67-57)69-59-41-37-51(65(47-25-11-3-12-26-47)48-27-13-4-14-28-48)43-55(59)53-39-40-54-56-44-52(66(49-29-15-5-16-30-49)50-31-17-6-18-32-50)38-42-60(56)70(64(54)63(53)69)62-36-20-34-58(68-62)46-23-9-2-10-24-46/h1-44H. The van der Waals surface area contributed by atoms with Gasteiger partial charge in [-0.1, -0.05) is 263 Å². The second-order valence-corrected chi connectivity index (χ2v) is 18.1. The number of fused-ring (bicyclic) bond motifs is 7. The molecule has 0 fully saturated rings. The Kier molecular flexibility index (Phi) is 10.4. The van der Waals surface area contributed by atoms with Crippen LogP contribution in [0.5, 0.6) is 0 Å². The van der Waals surface area contributed by atoms with Crippen molar-refractivity contribution in [3.63, 3.8) is 0 Å². The minimum Gasteiger partial charge on any atom is -0.292 e. The highest BCUT2D eigenvalue weighted by molar-refractivity contribution is 6.96. The fourth-order valence-electron chi connectivity index (χ4n) is 10.8. The van der Waals surface area contributed by atoms with Crippen molar-refractivity contribution in [1.29, 1.82) is 0 Å². The molecule has 0 unspecified atom stereocenters. The number of pyridine rings is 2. The van der Waals surface area contributed by atoms with Gasteiger partial charge in [0.15, 0.2) is 0 Å². The van der Waals surface area contributed by atoms with Crippen molar-refractivity contribution in [3.05, 3.63) is 267 Å². The Morgan fingerprint density at radius 1 is 0.257 bits per heavy atom.